The smallest absolute Gasteiger partial charge is 0.217 e. The fourth-order valence-corrected chi connectivity index (χ4v) is 1.45. The highest BCUT2D eigenvalue weighted by atomic mass is 32.2. The molecule has 0 radical (unpaired) electrons. The molecule has 1 aromatic rings. The zero-order chi connectivity index (χ0) is 10.8. The Balaban J connectivity index is 2.87. The quantitative estimate of drug-likeness (QED) is 0.772. The third-order valence-electron chi connectivity index (χ3n) is 1.92. The molecular weight excluding hydrogens is 204 g/mol. The summed E-state index contributed by atoms with van der Waals surface area (Å²) in [6.45, 7) is 4.23. The molecule has 1 heterocycles. The van der Waals surface area contributed by atoms with Crippen LogP contribution in [0.2, 0.25) is 0 Å². The molecule has 0 aliphatic carbocycles. The van der Waals surface area contributed by atoms with Crippen LogP contribution in [-0.2, 0) is 16.6 Å². The Morgan fingerprint density at radius 2 is 2.29 bits per heavy atom. The second-order valence-corrected chi connectivity index (χ2v) is 5.02. The highest BCUT2D eigenvalue weighted by Crippen LogP contribution is 2.15. The van der Waals surface area contributed by atoms with E-state index in [4.69, 9.17) is 5.14 Å². The van der Waals surface area contributed by atoms with Crippen molar-refractivity contribution in [1.82, 2.24) is 15.0 Å². The van der Waals surface area contributed by atoms with Gasteiger partial charge in [0.2, 0.25) is 10.0 Å². The Labute approximate surface area is 83.2 Å². The first kappa shape index (κ1) is 11.1. The molecule has 7 heteroatoms. The second-order valence-electron chi connectivity index (χ2n) is 3.14. The van der Waals surface area contributed by atoms with Crippen LogP contribution in [0.1, 0.15) is 31.2 Å². The molecule has 1 rings (SSSR count). The summed E-state index contributed by atoms with van der Waals surface area (Å²) in [7, 11) is -3.57. The first-order chi connectivity index (χ1) is 6.45. The Morgan fingerprint density at radius 3 is 2.79 bits per heavy atom. The normalized spacial score (nSPS) is 14.2. The zero-order valence-electron chi connectivity index (χ0n) is 8.21. The molecule has 0 saturated carbocycles. The third-order valence-corrected chi connectivity index (χ3v) is 3.15. The summed E-state index contributed by atoms with van der Waals surface area (Å²) in [4.78, 5) is 0. The van der Waals surface area contributed by atoms with Gasteiger partial charge in [-0.2, -0.15) is 0 Å². The Morgan fingerprint density at radius 1 is 1.64 bits per heavy atom. The van der Waals surface area contributed by atoms with Gasteiger partial charge in [0, 0.05) is 12.7 Å². The van der Waals surface area contributed by atoms with Gasteiger partial charge in [0.1, 0.15) is 10.9 Å². The molecule has 6 nitrogen and oxygen atoms in total. The number of hydrogen-bond donors (Lipinski definition) is 1. The molecule has 14 heavy (non-hydrogen) atoms. The molecule has 2 N–H and O–H groups in total. The van der Waals surface area contributed by atoms with Crippen LogP contribution in [0.15, 0.2) is 6.20 Å². The van der Waals surface area contributed by atoms with E-state index in [1.165, 1.54) is 6.92 Å². The summed E-state index contributed by atoms with van der Waals surface area (Å²) >= 11 is 0. The minimum Gasteiger partial charge on any atom is -0.252 e. The molecule has 0 bridgehead atoms. The molecule has 0 aromatic carbocycles. The van der Waals surface area contributed by atoms with Crippen molar-refractivity contribution in [1.29, 1.82) is 0 Å². The van der Waals surface area contributed by atoms with Gasteiger partial charge in [-0.1, -0.05) is 12.1 Å². The van der Waals surface area contributed by atoms with E-state index in [0.717, 1.165) is 13.0 Å². The number of nitrogens with zero attached hydrogens (tertiary/aromatic N) is 3. The third kappa shape index (κ3) is 2.52. The van der Waals surface area contributed by atoms with Crippen molar-refractivity contribution in [3.8, 4) is 0 Å². The topological polar surface area (TPSA) is 90.9 Å². The molecule has 1 unspecified atom stereocenters. The fourth-order valence-electron chi connectivity index (χ4n) is 1.01. The fraction of sp³-hybridized carbons (Fsp3) is 0.714. The van der Waals surface area contributed by atoms with Gasteiger partial charge in [-0.05, 0) is 13.3 Å². The Kier molecular flexibility index (Phi) is 3.22. The van der Waals surface area contributed by atoms with Crippen LogP contribution in [0, 0.1) is 0 Å². The monoisotopic (exact) mass is 218 g/mol. The molecule has 0 saturated heterocycles. The standard InChI is InChI=1S/C7H14N4O2S/c1-3-4-11-5-7(9-10-11)6(2)14(8,12)13/h5-6H,3-4H2,1-2H3,(H2,8,12,13). The molecule has 1 aromatic heterocycles. The lowest BCUT2D eigenvalue weighted by Gasteiger charge is -2.03. The van der Waals surface area contributed by atoms with E-state index in [0.29, 0.717) is 5.69 Å². The average molecular weight is 218 g/mol. The minimum atomic E-state index is -3.57. The van der Waals surface area contributed by atoms with Crippen LogP contribution in [-0.4, -0.2) is 23.4 Å². The van der Waals surface area contributed by atoms with E-state index < -0.39 is 15.3 Å². The molecule has 0 fully saturated rings. The van der Waals surface area contributed by atoms with E-state index in [1.54, 1.807) is 10.9 Å². The molecule has 0 aliphatic rings. The summed E-state index contributed by atoms with van der Waals surface area (Å²) < 4.78 is 23.6. The second kappa shape index (κ2) is 4.05. The van der Waals surface area contributed by atoms with Crippen LogP contribution in [0.25, 0.3) is 0 Å². The van der Waals surface area contributed by atoms with Gasteiger partial charge < -0.3 is 0 Å². The van der Waals surface area contributed by atoms with Crippen LogP contribution in [0.3, 0.4) is 0 Å². The van der Waals surface area contributed by atoms with Gasteiger partial charge in [-0.25, -0.2) is 13.6 Å². The van der Waals surface area contributed by atoms with E-state index >= 15 is 0 Å². The van der Waals surface area contributed by atoms with Crippen LogP contribution >= 0.6 is 0 Å². The Hall–Kier alpha value is -0.950. The first-order valence-electron chi connectivity index (χ1n) is 4.36. The van der Waals surface area contributed by atoms with Gasteiger partial charge in [-0.15, -0.1) is 5.10 Å². The number of sulfonamides is 1. The van der Waals surface area contributed by atoms with E-state index in [2.05, 4.69) is 10.3 Å². The number of rotatable bonds is 4. The summed E-state index contributed by atoms with van der Waals surface area (Å²) in [6, 6.07) is 0. The van der Waals surface area contributed by atoms with E-state index in [9.17, 15) is 8.42 Å². The maximum atomic E-state index is 11.0. The van der Waals surface area contributed by atoms with Gasteiger partial charge in [0.15, 0.2) is 0 Å². The summed E-state index contributed by atoms with van der Waals surface area (Å²) in [6.07, 6.45) is 2.53. The summed E-state index contributed by atoms with van der Waals surface area (Å²) in [5.41, 5.74) is 0.390. The molecular formula is C7H14N4O2S. The number of primary sulfonamides is 1. The maximum Gasteiger partial charge on any atom is 0.217 e. The molecule has 80 valence electrons. The zero-order valence-corrected chi connectivity index (χ0v) is 9.03. The highest BCUT2D eigenvalue weighted by molar-refractivity contribution is 7.89. The maximum absolute atomic E-state index is 11.0. The van der Waals surface area contributed by atoms with Crippen molar-refractivity contribution in [3.63, 3.8) is 0 Å². The molecule has 0 amide bonds. The number of aryl methyl sites for hydroxylation is 1. The SMILES string of the molecule is CCCn1cc(C(C)S(N)(=O)=O)nn1. The van der Waals surface area contributed by atoms with Gasteiger partial charge >= 0.3 is 0 Å². The lowest BCUT2D eigenvalue weighted by molar-refractivity contribution is 0.578. The van der Waals surface area contributed by atoms with E-state index in [-0.39, 0.29) is 0 Å². The van der Waals surface area contributed by atoms with Gasteiger partial charge in [-0.3, -0.25) is 4.68 Å². The molecule has 0 spiro atoms. The highest BCUT2D eigenvalue weighted by Gasteiger charge is 2.20. The van der Waals surface area contributed by atoms with Crippen molar-refractivity contribution >= 4 is 10.0 Å². The van der Waals surface area contributed by atoms with Gasteiger partial charge in [0.05, 0.1) is 0 Å². The van der Waals surface area contributed by atoms with Crippen molar-refractivity contribution in [2.75, 3.05) is 0 Å². The predicted molar refractivity (Wildman–Crippen MR) is 51.8 cm³/mol. The molecule has 0 aliphatic heterocycles. The predicted octanol–water partition coefficient (Wildman–Crippen LogP) is 0.0376. The largest absolute Gasteiger partial charge is 0.252 e. The van der Waals surface area contributed by atoms with Crippen LogP contribution < -0.4 is 5.14 Å². The lowest BCUT2D eigenvalue weighted by atomic mass is 10.4. The van der Waals surface area contributed by atoms with Crippen LogP contribution in [0.4, 0.5) is 0 Å². The van der Waals surface area contributed by atoms with Crippen molar-refractivity contribution in [2.24, 2.45) is 5.14 Å². The number of aromatic nitrogens is 3. The van der Waals surface area contributed by atoms with Crippen molar-refractivity contribution in [3.05, 3.63) is 11.9 Å². The summed E-state index contributed by atoms with van der Waals surface area (Å²) in [5, 5.41) is 11.7. The van der Waals surface area contributed by atoms with Crippen molar-refractivity contribution < 1.29 is 8.42 Å². The summed E-state index contributed by atoms with van der Waals surface area (Å²) in [5.74, 6) is 0. The number of hydrogen-bond acceptors (Lipinski definition) is 4. The molecule has 1 atom stereocenters. The van der Waals surface area contributed by atoms with E-state index in [1.807, 2.05) is 6.92 Å². The average Bonchev–Trinajstić information content (AvgIpc) is 2.50. The Bertz CT molecular complexity index is 398. The first-order valence-corrected chi connectivity index (χ1v) is 5.97. The lowest BCUT2D eigenvalue weighted by Crippen LogP contribution is -2.19. The minimum absolute atomic E-state index is 0.390. The van der Waals surface area contributed by atoms with Crippen molar-refractivity contribution in [2.45, 2.75) is 32.1 Å². The number of nitrogens with two attached hydrogens (primary N) is 1. The van der Waals surface area contributed by atoms with Crippen LogP contribution in [0.5, 0.6) is 0 Å². The van der Waals surface area contributed by atoms with Gasteiger partial charge in [0.25, 0.3) is 0 Å².